The van der Waals surface area contributed by atoms with E-state index >= 15 is 0 Å². The normalized spacial score (nSPS) is 12.2. The molecule has 0 spiro atoms. The molecule has 1 N–H and O–H groups in total. The lowest BCUT2D eigenvalue weighted by atomic mass is 10.1. The van der Waals surface area contributed by atoms with Gasteiger partial charge >= 0.3 is 0 Å². The van der Waals surface area contributed by atoms with Gasteiger partial charge in [0.25, 0.3) is 0 Å². The summed E-state index contributed by atoms with van der Waals surface area (Å²) in [5.41, 5.74) is 4.49. The Bertz CT molecular complexity index is 558. The zero-order chi connectivity index (χ0) is 14.5. The Morgan fingerprint density at radius 1 is 1.05 bits per heavy atom. The van der Waals surface area contributed by atoms with E-state index in [0.717, 1.165) is 23.3 Å². The Labute approximate surface area is 121 Å². The Hall–Kier alpha value is -1.80. The van der Waals surface area contributed by atoms with Gasteiger partial charge in [-0.25, -0.2) is 0 Å². The van der Waals surface area contributed by atoms with E-state index in [1.165, 1.54) is 11.1 Å². The number of aliphatic hydroxyl groups excluding tert-OH is 1. The van der Waals surface area contributed by atoms with E-state index in [1.807, 2.05) is 31.2 Å². The molecular formula is C18H22O2. The smallest absolute Gasteiger partial charge is 0.122 e. The van der Waals surface area contributed by atoms with Gasteiger partial charge in [0.05, 0.1) is 0 Å². The summed E-state index contributed by atoms with van der Waals surface area (Å²) in [7, 11) is 0. The average molecular weight is 270 g/mol. The van der Waals surface area contributed by atoms with Crippen LogP contribution in [0.15, 0.2) is 42.5 Å². The van der Waals surface area contributed by atoms with Crippen molar-refractivity contribution in [2.45, 2.75) is 33.3 Å². The highest BCUT2D eigenvalue weighted by molar-refractivity contribution is 5.38. The van der Waals surface area contributed by atoms with Crippen LogP contribution in [0.5, 0.6) is 5.75 Å². The first-order valence-electron chi connectivity index (χ1n) is 7.07. The van der Waals surface area contributed by atoms with Gasteiger partial charge in [-0.05, 0) is 48.6 Å². The molecule has 0 fully saturated rings. The second-order valence-electron chi connectivity index (χ2n) is 5.12. The third kappa shape index (κ3) is 3.40. The summed E-state index contributed by atoms with van der Waals surface area (Å²) >= 11 is 0. The topological polar surface area (TPSA) is 29.5 Å². The fraction of sp³-hybridized carbons (Fsp3) is 0.333. The summed E-state index contributed by atoms with van der Waals surface area (Å²) in [6.45, 7) is 6.49. The monoisotopic (exact) mass is 270 g/mol. The summed E-state index contributed by atoms with van der Waals surface area (Å²) in [6, 6.07) is 14.0. The molecule has 2 rings (SSSR count). The SMILES string of the molecule is CCc1ccc(C(O)COc2cccc(C)c2C)cc1. The van der Waals surface area contributed by atoms with Crippen LogP contribution in [0.25, 0.3) is 0 Å². The number of hydrogen-bond acceptors (Lipinski definition) is 2. The molecule has 106 valence electrons. The Morgan fingerprint density at radius 2 is 1.75 bits per heavy atom. The third-order valence-corrected chi connectivity index (χ3v) is 3.72. The van der Waals surface area contributed by atoms with Crippen LogP contribution in [-0.4, -0.2) is 11.7 Å². The molecule has 2 aromatic carbocycles. The van der Waals surface area contributed by atoms with E-state index in [2.05, 4.69) is 32.0 Å². The zero-order valence-electron chi connectivity index (χ0n) is 12.4. The molecule has 0 aromatic heterocycles. The van der Waals surface area contributed by atoms with E-state index in [1.54, 1.807) is 0 Å². The maximum absolute atomic E-state index is 10.2. The zero-order valence-corrected chi connectivity index (χ0v) is 12.4. The van der Waals surface area contributed by atoms with Crippen LogP contribution < -0.4 is 4.74 Å². The van der Waals surface area contributed by atoms with Gasteiger partial charge in [0.2, 0.25) is 0 Å². The predicted octanol–water partition coefficient (Wildman–Crippen LogP) is 3.98. The van der Waals surface area contributed by atoms with E-state index < -0.39 is 6.10 Å². The molecule has 20 heavy (non-hydrogen) atoms. The standard InChI is InChI=1S/C18H22O2/c1-4-15-8-10-16(11-9-15)17(19)12-20-18-7-5-6-13(2)14(18)3/h5-11,17,19H,4,12H2,1-3H3. The van der Waals surface area contributed by atoms with Crippen LogP contribution in [-0.2, 0) is 6.42 Å². The van der Waals surface area contributed by atoms with E-state index in [-0.39, 0.29) is 6.61 Å². The summed E-state index contributed by atoms with van der Waals surface area (Å²) in [6.07, 6.45) is 0.413. The minimum absolute atomic E-state index is 0.274. The number of ether oxygens (including phenoxy) is 1. The number of benzene rings is 2. The van der Waals surface area contributed by atoms with Crippen molar-refractivity contribution in [2.75, 3.05) is 6.61 Å². The lowest BCUT2D eigenvalue weighted by Crippen LogP contribution is -2.10. The van der Waals surface area contributed by atoms with Gasteiger partial charge in [0.15, 0.2) is 0 Å². The Morgan fingerprint density at radius 3 is 2.40 bits per heavy atom. The van der Waals surface area contributed by atoms with Crippen molar-refractivity contribution in [3.8, 4) is 5.75 Å². The fourth-order valence-electron chi connectivity index (χ4n) is 2.12. The molecule has 0 aliphatic heterocycles. The summed E-state index contributed by atoms with van der Waals surface area (Å²) < 4.78 is 5.74. The minimum atomic E-state index is -0.596. The molecule has 1 atom stereocenters. The van der Waals surface area contributed by atoms with Gasteiger partial charge < -0.3 is 9.84 Å². The highest BCUT2D eigenvalue weighted by Crippen LogP contribution is 2.22. The molecule has 0 aliphatic rings. The highest BCUT2D eigenvalue weighted by Gasteiger charge is 2.09. The Balaban J connectivity index is 2.00. The van der Waals surface area contributed by atoms with Gasteiger partial charge in [0, 0.05) is 0 Å². The van der Waals surface area contributed by atoms with Crippen LogP contribution in [0, 0.1) is 13.8 Å². The number of rotatable bonds is 5. The second kappa shape index (κ2) is 6.58. The molecular weight excluding hydrogens is 248 g/mol. The Kier molecular flexibility index (Phi) is 4.80. The molecule has 1 unspecified atom stereocenters. The first-order chi connectivity index (χ1) is 9.61. The second-order valence-corrected chi connectivity index (χ2v) is 5.12. The summed E-state index contributed by atoms with van der Waals surface area (Å²) in [5.74, 6) is 0.842. The van der Waals surface area contributed by atoms with Crippen LogP contribution in [0.1, 0.15) is 35.3 Å². The number of hydrogen-bond donors (Lipinski definition) is 1. The van der Waals surface area contributed by atoms with Gasteiger partial charge in [0.1, 0.15) is 18.5 Å². The van der Waals surface area contributed by atoms with Gasteiger partial charge in [-0.1, -0.05) is 43.3 Å². The average Bonchev–Trinajstić information content (AvgIpc) is 2.48. The fourth-order valence-corrected chi connectivity index (χ4v) is 2.12. The molecule has 2 aromatic rings. The molecule has 0 saturated heterocycles. The minimum Gasteiger partial charge on any atom is -0.490 e. The lowest BCUT2D eigenvalue weighted by molar-refractivity contribution is 0.108. The van der Waals surface area contributed by atoms with Crippen molar-refractivity contribution in [1.82, 2.24) is 0 Å². The van der Waals surface area contributed by atoms with Crippen LogP contribution in [0.2, 0.25) is 0 Å². The van der Waals surface area contributed by atoms with Crippen molar-refractivity contribution >= 4 is 0 Å². The van der Waals surface area contributed by atoms with Gasteiger partial charge in [-0.15, -0.1) is 0 Å². The van der Waals surface area contributed by atoms with Crippen molar-refractivity contribution in [1.29, 1.82) is 0 Å². The van der Waals surface area contributed by atoms with Gasteiger partial charge in [-0.2, -0.15) is 0 Å². The molecule has 0 aliphatic carbocycles. The van der Waals surface area contributed by atoms with Crippen molar-refractivity contribution in [2.24, 2.45) is 0 Å². The molecule has 0 heterocycles. The quantitative estimate of drug-likeness (QED) is 0.890. The molecule has 2 heteroatoms. The van der Waals surface area contributed by atoms with Gasteiger partial charge in [-0.3, -0.25) is 0 Å². The molecule has 0 radical (unpaired) electrons. The van der Waals surface area contributed by atoms with Crippen LogP contribution >= 0.6 is 0 Å². The van der Waals surface area contributed by atoms with E-state index in [0.29, 0.717) is 0 Å². The van der Waals surface area contributed by atoms with E-state index in [4.69, 9.17) is 4.74 Å². The molecule has 0 amide bonds. The summed E-state index contributed by atoms with van der Waals surface area (Å²) in [4.78, 5) is 0. The third-order valence-electron chi connectivity index (χ3n) is 3.72. The first-order valence-corrected chi connectivity index (χ1v) is 7.07. The van der Waals surface area contributed by atoms with Crippen molar-refractivity contribution < 1.29 is 9.84 Å². The maximum atomic E-state index is 10.2. The lowest BCUT2D eigenvalue weighted by Gasteiger charge is -2.15. The molecule has 2 nitrogen and oxygen atoms in total. The molecule has 0 saturated carbocycles. The van der Waals surface area contributed by atoms with Crippen LogP contribution in [0.4, 0.5) is 0 Å². The number of aryl methyl sites for hydroxylation is 2. The van der Waals surface area contributed by atoms with E-state index in [9.17, 15) is 5.11 Å². The largest absolute Gasteiger partial charge is 0.490 e. The maximum Gasteiger partial charge on any atom is 0.122 e. The predicted molar refractivity (Wildman–Crippen MR) is 82.2 cm³/mol. The molecule has 0 bridgehead atoms. The summed E-state index contributed by atoms with van der Waals surface area (Å²) in [5, 5.41) is 10.2. The van der Waals surface area contributed by atoms with Crippen LogP contribution in [0.3, 0.4) is 0 Å². The van der Waals surface area contributed by atoms with Crippen molar-refractivity contribution in [3.63, 3.8) is 0 Å². The first kappa shape index (κ1) is 14.6. The van der Waals surface area contributed by atoms with Crippen molar-refractivity contribution in [3.05, 3.63) is 64.7 Å². The number of aliphatic hydroxyl groups is 1. The highest BCUT2D eigenvalue weighted by atomic mass is 16.5.